The number of halogens is 2. The number of nitrogens with one attached hydrogen (secondary N) is 5. The number of fused-ring (bicyclic) bond motifs is 2. The Labute approximate surface area is 227 Å². The molecular formula is C25H27F2N5O4S2. The van der Waals surface area contributed by atoms with E-state index in [9.17, 15) is 18.4 Å². The molecule has 9 nitrogen and oxygen atoms in total. The van der Waals surface area contributed by atoms with Gasteiger partial charge in [-0.15, -0.1) is 20.1 Å². The number of carbonyl (C=O) groups is 2. The smallest absolute Gasteiger partial charge is 0.395 e. The van der Waals surface area contributed by atoms with Gasteiger partial charge in [0, 0.05) is 29.4 Å². The number of amides is 2. The van der Waals surface area contributed by atoms with Crippen LogP contribution in [0.15, 0.2) is 18.2 Å². The average molecular weight is 564 g/mol. The summed E-state index contributed by atoms with van der Waals surface area (Å²) in [6, 6.07) is 4.29. The van der Waals surface area contributed by atoms with Crippen LogP contribution in [0.2, 0.25) is 0 Å². The van der Waals surface area contributed by atoms with Crippen molar-refractivity contribution in [2.45, 2.75) is 57.3 Å². The van der Waals surface area contributed by atoms with Crippen molar-refractivity contribution in [1.82, 2.24) is 16.1 Å². The van der Waals surface area contributed by atoms with E-state index in [2.05, 4.69) is 36.3 Å². The fourth-order valence-electron chi connectivity index (χ4n) is 4.62. The fraction of sp³-hybridized carbons (Fsp3) is 0.480. The molecule has 1 aliphatic heterocycles. The molecule has 0 spiro atoms. The summed E-state index contributed by atoms with van der Waals surface area (Å²) in [5.41, 5.74) is 7.72. The summed E-state index contributed by atoms with van der Waals surface area (Å²) in [4.78, 5) is 26.8. The van der Waals surface area contributed by atoms with Gasteiger partial charge in [0.1, 0.15) is 5.00 Å². The van der Waals surface area contributed by atoms with E-state index in [1.807, 2.05) is 0 Å². The molecule has 4 aliphatic rings. The molecule has 0 bridgehead atoms. The van der Waals surface area contributed by atoms with Gasteiger partial charge in [-0.05, 0) is 80.8 Å². The Morgan fingerprint density at radius 2 is 1.89 bits per heavy atom. The number of benzene rings is 1. The first kappa shape index (κ1) is 25.1. The highest BCUT2D eigenvalue weighted by Crippen LogP contribution is 2.42. The zero-order valence-electron chi connectivity index (χ0n) is 20.3. The molecule has 0 unspecified atom stereocenters. The van der Waals surface area contributed by atoms with E-state index < -0.39 is 6.29 Å². The molecule has 1 aromatic heterocycles. The van der Waals surface area contributed by atoms with Crippen LogP contribution in [0, 0.1) is 11.8 Å². The molecule has 2 saturated carbocycles. The number of aryl methyl sites for hydroxylation is 1. The van der Waals surface area contributed by atoms with Crippen molar-refractivity contribution in [3.63, 3.8) is 0 Å². The summed E-state index contributed by atoms with van der Waals surface area (Å²) >= 11 is 6.93. The molecule has 2 amide bonds. The minimum absolute atomic E-state index is 0.0156. The number of thiophene rings is 1. The topological polar surface area (TPSA) is 113 Å². The molecule has 202 valence electrons. The first-order chi connectivity index (χ1) is 18.2. The quantitative estimate of drug-likeness (QED) is 0.243. The molecule has 5 N–H and O–H groups in total. The van der Waals surface area contributed by atoms with Crippen LogP contribution in [0.25, 0.3) is 0 Å². The van der Waals surface area contributed by atoms with Crippen molar-refractivity contribution in [3.8, 4) is 11.5 Å². The van der Waals surface area contributed by atoms with Crippen molar-refractivity contribution in [2.75, 3.05) is 17.3 Å². The third-order valence-corrected chi connectivity index (χ3v) is 8.41. The Hall–Kier alpha value is -3.19. The van der Waals surface area contributed by atoms with Gasteiger partial charge in [0.25, 0.3) is 5.91 Å². The van der Waals surface area contributed by atoms with Gasteiger partial charge in [0.05, 0.1) is 11.3 Å². The number of hydrogen-bond donors (Lipinski definition) is 5. The third-order valence-electron chi connectivity index (χ3n) is 6.98. The highest BCUT2D eigenvalue weighted by molar-refractivity contribution is 7.80. The van der Waals surface area contributed by atoms with E-state index in [4.69, 9.17) is 12.2 Å². The molecule has 3 aliphatic carbocycles. The van der Waals surface area contributed by atoms with E-state index in [0.717, 1.165) is 49.0 Å². The molecule has 38 heavy (non-hydrogen) atoms. The van der Waals surface area contributed by atoms with Gasteiger partial charge >= 0.3 is 6.29 Å². The van der Waals surface area contributed by atoms with Gasteiger partial charge in [0.2, 0.25) is 5.91 Å². The summed E-state index contributed by atoms with van der Waals surface area (Å²) in [6.45, 7) is 0.651. The molecule has 6 rings (SSSR count). The van der Waals surface area contributed by atoms with E-state index >= 15 is 0 Å². The summed E-state index contributed by atoms with van der Waals surface area (Å²) in [5, 5.41) is 10.3. The predicted octanol–water partition coefficient (Wildman–Crippen LogP) is 3.91. The Morgan fingerprint density at radius 3 is 2.66 bits per heavy atom. The number of anilines is 2. The lowest BCUT2D eigenvalue weighted by atomic mass is 9.91. The van der Waals surface area contributed by atoms with Crippen LogP contribution in [-0.2, 0) is 17.6 Å². The molecule has 2 fully saturated rings. The number of carbonyl (C=O) groups excluding carboxylic acids is 2. The molecule has 1 aromatic carbocycles. The maximum absolute atomic E-state index is 13.3. The normalized spacial score (nSPS) is 20.7. The first-order valence-corrected chi connectivity index (χ1v) is 13.9. The second kappa shape index (κ2) is 9.84. The van der Waals surface area contributed by atoms with Crippen molar-refractivity contribution in [3.05, 3.63) is 34.2 Å². The number of hydrazine groups is 1. The zero-order chi connectivity index (χ0) is 26.4. The minimum Gasteiger partial charge on any atom is -0.395 e. The second-order valence-corrected chi connectivity index (χ2v) is 11.6. The number of hydrogen-bond acceptors (Lipinski definition) is 7. The molecule has 0 saturated heterocycles. The molecule has 13 heteroatoms. The van der Waals surface area contributed by atoms with Crippen LogP contribution in [0.3, 0.4) is 0 Å². The van der Waals surface area contributed by atoms with Crippen molar-refractivity contribution in [1.29, 1.82) is 0 Å². The second-order valence-electron chi connectivity index (χ2n) is 10.1. The monoisotopic (exact) mass is 563 g/mol. The van der Waals surface area contributed by atoms with Crippen LogP contribution < -0.4 is 36.3 Å². The maximum Gasteiger partial charge on any atom is 0.586 e. The van der Waals surface area contributed by atoms with Gasteiger partial charge in [-0.1, -0.05) is 0 Å². The number of rotatable bonds is 8. The van der Waals surface area contributed by atoms with Crippen molar-refractivity contribution < 1.29 is 27.8 Å². The van der Waals surface area contributed by atoms with Crippen LogP contribution in [0.1, 0.15) is 52.9 Å². The van der Waals surface area contributed by atoms with Crippen molar-refractivity contribution >= 4 is 51.2 Å². The highest BCUT2D eigenvalue weighted by atomic mass is 32.1. The molecule has 2 heterocycles. The van der Waals surface area contributed by atoms with Crippen LogP contribution in [-0.4, -0.2) is 35.8 Å². The van der Waals surface area contributed by atoms with Gasteiger partial charge in [0.15, 0.2) is 16.6 Å². The molecule has 1 atom stereocenters. The largest absolute Gasteiger partial charge is 0.586 e. The first-order valence-electron chi connectivity index (χ1n) is 12.7. The highest BCUT2D eigenvalue weighted by Gasteiger charge is 2.43. The standard InChI is InChI=1S/C25H27F2N5O4S2/c26-25(27)35-17-7-5-15(10-18(17)36-25)31-32-24(37)29-14-6-8-19-16(9-14)20(22(34)28-11-12-1-2-12)23(38-19)30-21(33)13-3-4-13/h5,7,10,12-14,31H,1-4,6,8-9,11H2,(H,28,34)(H,30,33)(H2,29,32,37)/t14-/m0/s1. The van der Waals surface area contributed by atoms with Crippen LogP contribution >= 0.6 is 23.6 Å². The predicted molar refractivity (Wildman–Crippen MR) is 142 cm³/mol. The Balaban J connectivity index is 1.09. The lowest BCUT2D eigenvalue weighted by Crippen LogP contribution is -2.46. The molecule has 0 radical (unpaired) electrons. The van der Waals surface area contributed by atoms with E-state index in [0.29, 0.717) is 40.2 Å². The maximum atomic E-state index is 13.3. The Bertz CT molecular complexity index is 1290. The van der Waals surface area contributed by atoms with Crippen LogP contribution in [0.4, 0.5) is 19.5 Å². The summed E-state index contributed by atoms with van der Waals surface area (Å²) in [7, 11) is 0. The van der Waals surface area contributed by atoms with E-state index in [1.54, 1.807) is 6.07 Å². The average Bonchev–Trinajstić information content (AvgIpc) is 3.79. The van der Waals surface area contributed by atoms with Gasteiger partial charge < -0.3 is 25.4 Å². The summed E-state index contributed by atoms with van der Waals surface area (Å²) < 4.78 is 35.4. The number of thiocarbonyl (C=S) groups is 1. The third kappa shape index (κ3) is 5.63. The van der Waals surface area contributed by atoms with E-state index in [1.165, 1.54) is 23.5 Å². The molecule has 2 aromatic rings. The number of alkyl halides is 2. The summed E-state index contributed by atoms with van der Waals surface area (Å²) in [5.74, 6) is 0.317. The van der Waals surface area contributed by atoms with Gasteiger partial charge in [-0.2, -0.15) is 0 Å². The lowest BCUT2D eigenvalue weighted by Gasteiger charge is -2.25. The fourth-order valence-corrected chi connectivity index (χ4v) is 6.08. The van der Waals surface area contributed by atoms with E-state index in [-0.39, 0.29) is 35.3 Å². The Kier molecular flexibility index (Phi) is 6.50. The van der Waals surface area contributed by atoms with Crippen LogP contribution in [0.5, 0.6) is 11.5 Å². The molecular weight excluding hydrogens is 536 g/mol. The number of ether oxygens (including phenoxy) is 2. The zero-order valence-corrected chi connectivity index (χ0v) is 22.0. The minimum atomic E-state index is -3.68. The van der Waals surface area contributed by atoms with Gasteiger partial charge in [-0.3, -0.25) is 20.4 Å². The SMILES string of the molecule is O=C(NCC1CC1)c1c(NC(=O)C2CC2)sc2c1C[C@@H](NC(=S)NNc1ccc3c(c1)OC(F)(F)O3)CC2. The van der Waals surface area contributed by atoms with Gasteiger partial charge in [-0.25, -0.2) is 0 Å². The Morgan fingerprint density at radius 1 is 1.11 bits per heavy atom. The lowest BCUT2D eigenvalue weighted by molar-refractivity contribution is -0.286. The van der Waals surface area contributed by atoms with Crippen molar-refractivity contribution in [2.24, 2.45) is 11.8 Å². The summed E-state index contributed by atoms with van der Waals surface area (Å²) in [6.07, 6.45) is 2.51.